The van der Waals surface area contributed by atoms with E-state index >= 15 is 0 Å². The van der Waals surface area contributed by atoms with Crippen LogP contribution < -0.4 is 5.46 Å². The molecule has 0 aliphatic rings. The summed E-state index contributed by atoms with van der Waals surface area (Å²) in [5.41, 5.74) is 6.27. The first-order valence-electron chi connectivity index (χ1n) is 7.27. The lowest BCUT2D eigenvalue weighted by molar-refractivity contribution is 0.426. The zero-order chi connectivity index (χ0) is 15.5. The van der Waals surface area contributed by atoms with Crippen LogP contribution in [-0.2, 0) is 0 Å². The Morgan fingerprint density at radius 2 is 1.18 bits per heavy atom. The van der Waals surface area contributed by atoms with Gasteiger partial charge in [-0.05, 0) is 40.7 Å². The molecule has 3 aromatic rings. The Morgan fingerprint density at radius 3 is 1.77 bits per heavy atom. The SMILES string of the molecule is Cc1cccc(-c2cccc(-c3ccc(B(O)O)cc3)c2)c1. The first kappa shape index (κ1) is 14.6. The quantitative estimate of drug-likeness (QED) is 0.727. The molecule has 0 spiro atoms. The second-order valence-corrected chi connectivity index (χ2v) is 5.45. The maximum absolute atomic E-state index is 9.16. The van der Waals surface area contributed by atoms with Crippen molar-refractivity contribution in [2.75, 3.05) is 0 Å². The lowest BCUT2D eigenvalue weighted by atomic mass is 9.80. The van der Waals surface area contributed by atoms with Crippen molar-refractivity contribution in [2.24, 2.45) is 0 Å². The van der Waals surface area contributed by atoms with Gasteiger partial charge < -0.3 is 10.0 Å². The Labute approximate surface area is 130 Å². The van der Waals surface area contributed by atoms with Crippen molar-refractivity contribution in [1.29, 1.82) is 0 Å². The highest BCUT2D eigenvalue weighted by molar-refractivity contribution is 6.58. The van der Waals surface area contributed by atoms with Gasteiger partial charge in [0.2, 0.25) is 0 Å². The van der Waals surface area contributed by atoms with Crippen molar-refractivity contribution in [1.82, 2.24) is 0 Å². The highest BCUT2D eigenvalue weighted by Gasteiger charge is 2.10. The first-order chi connectivity index (χ1) is 10.6. The molecule has 0 aliphatic carbocycles. The second kappa shape index (κ2) is 6.18. The summed E-state index contributed by atoms with van der Waals surface area (Å²) in [6, 6.07) is 24.1. The summed E-state index contributed by atoms with van der Waals surface area (Å²) < 4.78 is 0. The number of benzene rings is 3. The highest BCUT2D eigenvalue weighted by atomic mass is 16.4. The third kappa shape index (κ3) is 3.11. The van der Waals surface area contributed by atoms with Crippen molar-refractivity contribution >= 4 is 12.6 Å². The molecule has 0 unspecified atom stereocenters. The van der Waals surface area contributed by atoms with Gasteiger partial charge in [-0.1, -0.05) is 72.3 Å². The minimum atomic E-state index is -1.42. The molecule has 0 atom stereocenters. The van der Waals surface area contributed by atoms with Crippen LogP contribution in [0.2, 0.25) is 0 Å². The van der Waals surface area contributed by atoms with E-state index in [0.717, 1.165) is 11.1 Å². The van der Waals surface area contributed by atoms with Crippen molar-refractivity contribution in [3.63, 3.8) is 0 Å². The fourth-order valence-electron chi connectivity index (χ4n) is 2.55. The Hall–Kier alpha value is -2.36. The molecule has 2 N–H and O–H groups in total. The number of rotatable bonds is 3. The fourth-order valence-corrected chi connectivity index (χ4v) is 2.55. The van der Waals surface area contributed by atoms with E-state index in [2.05, 4.69) is 49.4 Å². The van der Waals surface area contributed by atoms with E-state index in [1.807, 2.05) is 18.2 Å². The van der Waals surface area contributed by atoms with Crippen LogP contribution in [0, 0.1) is 6.92 Å². The monoisotopic (exact) mass is 288 g/mol. The van der Waals surface area contributed by atoms with Crippen LogP contribution in [0.1, 0.15) is 5.56 Å². The van der Waals surface area contributed by atoms with E-state index in [4.69, 9.17) is 10.0 Å². The van der Waals surface area contributed by atoms with Gasteiger partial charge in [-0.15, -0.1) is 0 Å². The zero-order valence-corrected chi connectivity index (χ0v) is 12.4. The van der Waals surface area contributed by atoms with Crippen molar-refractivity contribution in [3.8, 4) is 22.3 Å². The third-order valence-corrected chi connectivity index (χ3v) is 3.76. The lowest BCUT2D eigenvalue weighted by Crippen LogP contribution is -2.29. The molecule has 3 heteroatoms. The molecule has 0 saturated carbocycles. The van der Waals surface area contributed by atoms with Gasteiger partial charge in [0.15, 0.2) is 0 Å². The second-order valence-electron chi connectivity index (χ2n) is 5.45. The predicted molar refractivity (Wildman–Crippen MR) is 91.9 cm³/mol. The summed E-state index contributed by atoms with van der Waals surface area (Å²) in [5, 5.41) is 18.3. The molecule has 0 amide bonds. The molecule has 0 aliphatic heterocycles. The normalized spacial score (nSPS) is 10.5. The first-order valence-corrected chi connectivity index (χ1v) is 7.27. The van der Waals surface area contributed by atoms with Gasteiger partial charge in [-0.25, -0.2) is 0 Å². The Morgan fingerprint density at radius 1 is 0.636 bits per heavy atom. The van der Waals surface area contributed by atoms with Crippen molar-refractivity contribution in [2.45, 2.75) is 6.92 Å². The van der Waals surface area contributed by atoms with Gasteiger partial charge in [0.1, 0.15) is 0 Å². The summed E-state index contributed by atoms with van der Waals surface area (Å²) in [6.45, 7) is 2.09. The summed E-state index contributed by atoms with van der Waals surface area (Å²) in [5.74, 6) is 0. The van der Waals surface area contributed by atoms with Crippen LogP contribution in [-0.4, -0.2) is 17.2 Å². The minimum Gasteiger partial charge on any atom is -0.423 e. The molecule has 0 bridgehead atoms. The fraction of sp³-hybridized carbons (Fsp3) is 0.0526. The van der Waals surface area contributed by atoms with E-state index < -0.39 is 7.12 Å². The minimum absolute atomic E-state index is 0.499. The van der Waals surface area contributed by atoms with E-state index in [1.54, 1.807) is 12.1 Å². The number of aryl methyl sites for hydroxylation is 1. The molecule has 0 heterocycles. The zero-order valence-electron chi connectivity index (χ0n) is 12.4. The van der Waals surface area contributed by atoms with E-state index in [1.165, 1.54) is 16.7 Å². The average Bonchev–Trinajstić information content (AvgIpc) is 2.55. The van der Waals surface area contributed by atoms with Crippen LogP contribution in [0.25, 0.3) is 22.3 Å². The predicted octanol–water partition coefficient (Wildman–Crippen LogP) is 3.01. The van der Waals surface area contributed by atoms with Gasteiger partial charge in [0.05, 0.1) is 0 Å². The van der Waals surface area contributed by atoms with Gasteiger partial charge in [-0.2, -0.15) is 0 Å². The van der Waals surface area contributed by atoms with Crippen molar-refractivity contribution < 1.29 is 10.0 Å². The summed E-state index contributed by atoms with van der Waals surface area (Å²) in [4.78, 5) is 0. The third-order valence-electron chi connectivity index (χ3n) is 3.76. The summed E-state index contributed by atoms with van der Waals surface area (Å²) in [7, 11) is -1.42. The van der Waals surface area contributed by atoms with Crippen LogP contribution in [0.4, 0.5) is 0 Å². The Kier molecular flexibility index (Phi) is 4.10. The van der Waals surface area contributed by atoms with Crippen molar-refractivity contribution in [3.05, 3.63) is 78.4 Å². The molecule has 0 fully saturated rings. The van der Waals surface area contributed by atoms with Gasteiger partial charge in [0.25, 0.3) is 0 Å². The van der Waals surface area contributed by atoms with E-state index in [-0.39, 0.29) is 0 Å². The largest absolute Gasteiger partial charge is 0.488 e. The van der Waals surface area contributed by atoms with Crippen LogP contribution in [0.15, 0.2) is 72.8 Å². The molecule has 3 aromatic carbocycles. The Balaban J connectivity index is 1.97. The number of hydrogen-bond donors (Lipinski definition) is 2. The maximum Gasteiger partial charge on any atom is 0.488 e. The van der Waals surface area contributed by atoms with E-state index in [0.29, 0.717) is 5.46 Å². The van der Waals surface area contributed by atoms with Gasteiger partial charge in [0, 0.05) is 0 Å². The van der Waals surface area contributed by atoms with Crippen LogP contribution in [0.5, 0.6) is 0 Å². The summed E-state index contributed by atoms with van der Waals surface area (Å²) in [6.07, 6.45) is 0. The molecule has 0 aromatic heterocycles. The Bertz CT molecular complexity index is 779. The molecule has 2 nitrogen and oxygen atoms in total. The smallest absolute Gasteiger partial charge is 0.423 e. The molecule has 3 rings (SSSR count). The van der Waals surface area contributed by atoms with Gasteiger partial charge >= 0.3 is 7.12 Å². The number of hydrogen-bond acceptors (Lipinski definition) is 2. The van der Waals surface area contributed by atoms with E-state index in [9.17, 15) is 0 Å². The molecule has 22 heavy (non-hydrogen) atoms. The highest BCUT2D eigenvalue weighted by Crippen LogP contribution is 2.26. The molecule has 0 radical (unpaired) electrons. The molecular weight excluding hydrogens is 271 g/mol. The average molecular weight is 288 g/mol. The molecule has 108 valence electrons. The van der Waals surface area contributed by atoms with Gasteiger partial charge in [-0.3, -0.25) is 0 Å². The van der Waals surface area contributed by atoms with Crippen LogP contribution in [0.3, 0.4) is 0 Å². The summed E-state index contributed by atoms with van der Waals surface area (Å²) >= 11 is 0. The standard InChI is InChI=1S/C19H17BO2/c1-14-4-2-5-16(12-14)18-7-3-6-17(13-18)15-8-10-19(11-9-15)20(21)22/h2-13,21-22H,1H3. The van der Waals surface area contributed by atoms with Crippen LogP contribution >= 0.6 is 0 Å². The lowest BCUT2D eigenvalue weighted by Gasteiger charge is -2.08. The topological polar surface area (TPSA) is 40.5 Å². The maximum atomic E-state index is 9.16. The molecular formula is C19H17BO2. The molecule has 0 saturated heterocycles.